The van der Waals surface area contributed by atoms with E-state index >= 15 is 0 Å². The minimum atomic E-state index is -0.358. The Bertz CT molecular complexity index is 332. The number of likely N-dealkylation sites (tertiary alicyclic amines) is 1. The van der Waals surface area contributed by atoms with Crippen LogP contribution in [0.25, 0.3) is 0 Å². The Morgan fingerprint density at radius 1 is 1.39 bits per heavy atom. The van der Waals surface area contributed by atoms with Crippen molar-refractivity contribution in [1.82, 2.24) is 15.5 Å². The number of hydrogen-bond donors (Lipinski definition) is 3. The molecule has 4 N–H and O–H groups in total. The summed E-state index contributed by atoms with van der Waals surface area (Å²) in [5, 5.41) is 5.02. The van der Waals surface area contributed by atoms with E-state index in [1.165, 1.54) is 0 Å². The number of carbonyl (C=O) groups is 3. The number of nitrogens with two attached hydrogens (primary N) is 1. The maximum absolute atomic E-state index is 11.8. The Morgan fingerprint density at radius 3 is 2.72 bits per heavy atom. The number of amides is 3. The fourth-order valence-corrected chi connectivity index (χ4v) is 1.98. The third kappa shape index (κ3) is 3.99. The van der Waals surface area contributed by atoms with Crippen LogP contribution < -0.4 is 16.4 Å². The molecular weight excluding hydrogens is 236 g/mol. The zero-order valence-electron chi connectivity index (χ0n) is 10.6. The molecule has 102 valence electrons. The van der Waals surface area contributed by atoms with Crippen molar-refractivity contribution in [3.05, 3.63) is 0 Å². The van der Waals surface area contributed by atoms with Crippen LogP contribution in [-0.2, 0) is 14.4 Å². The molecule has 1 heterocycles. The lowest BCUT2D eigenvalue weighted by molar-refractivity contribution is -0.136. The molecule has 1 saturated heterocycles. The Hall–Kier alpha value is -1.63. The van der Waals surface area contributed by atoms with Crippen molar-refractivity contribution in [3.8, 4) is 0 Å². The van der Waals surface area contributed by atoms with Gasteiger partial charge in [0.15, 0.2) is 0 Å². The van der Waals surface area contributed by atoms with Crippen LogP contribution in [0.5, 0.6) is 0 Å². The molecular formula is C11H20N4O3. The summed E-state index contributed by atoms with van der Waals surface area (Å²) < 4.78 is 0. The fraction of sp³-hybridized carbons (Fsp3) is 0.727. The highest BCUT2D eigenvalue weighted by Gasteiger charge is 2.27. The molecule has 1 aliphatic rings. The minimum Gasteiger partial charge on any atom is -0.359 e. The van der Waals surface area contributed by atoms with Crippen LogP contribution >= 0.6 is 0 Å². The minimum absolute atomic E-state index is 0.0431. The summed E-state index contributed by atoms with van der Waals surface area (Å²) in [4.78, 5) is 35.9. The number of nitrogens with zero attached hydrogens (tertiary/aromatic N) is 1. The van der Waals surface area contributed by atoms with Gasteiger partial charge >= 0.3 is 0 Å². The number of hydrogen-bond acceptors (Lipinski definition) is 4. The first-order valence-electron chi connectivity index (χ1n) is 6.04. The molecule has 3 amide bonds. The van der Waals surface area contributed by atoms with Gasteiger partial charge < -0.3 is 21.3 Å². The second-order valence-electron chi connectivity index (χ2n) is 4.27. The van der Waals surface area contributed by atoms with Gasteiger partial charge in [0.1, 0.15) is 0 Å². The van der Waals surface area contributed by atoms with Gasteiger partial charge in [-0.1, -0.05) is 0 Å². The summed E-state index contributed by atoms with van der Waals surface area (Å²) >= 11 is 0. The van der Waals surface area contributed by atoms with E-state index in [1.54, 1.807) is 11.9 Å². The lowest BCUT2D eigenvalue weighted by atomic mass is 9.97. The first-order chi connectivity index (χ1) is 8.58. The van der Waals surface area contributed by atoms with Crippen molar-refractivity contribution in [2.75, 3.05) is 33.2 Å². The number of carbonyl (C=O) groups excluding carboxylic acids is 3. The van der Waals surface area contributed by atoms with Gasteiger partial charge in [-0.2, -0.15) is 0 Å². The highest BCUT2D eigenvalue weighted by atomic mass is 16.2. The number of piperidine rings is 1. The van der Waals surface area contributed by atoms with Crippen LogP contribution in [0, 0.1) is 5.92 Å². The molecule has 0 spiro atoms. The largest absolute Gasteiger partial charge is 0.359 e. The summed E-state index contributed by atoms with van der Waals surface area (Å²) in [7, 11) is 1.59. The van der Waals surface area contributed by atoms with E-state index in [1.807, 2.05) is 0 Å². The quantitative estimate of drug-likeness (QED) is 0.543. The maximum Gasteiger partial charge on any atom is 0.241 e. The standard InChI is InChI=1S/C11H20N4O3/c1-13-11(18)8-3-2-4-15(7-8)10(17)6-14-9(16)5-12/h8H,2-7,12H2,1H3,(H,13,18)(H,14,16). The molecule has 7 nitrogen and oxygen atoms in total. The van der Waals surface area contributed by atoms with E-state index in [2.05, 4.69) is 10.6 Å². The predicted octanol–water partition coefficient (Wildman–Crippen LogP) is -1.95. The van der Waals surface area contributed by atoms with Crippen molar-refractivity contribution in [2.24, 2.45) is 11.7 Å². The molecule has 18 heavy (non-hydrogen) atoms. The molecule has 0 aromatic rings. The summed E-state index contributed by atoms with van der Waals surface area (Å²) in [6.07, 6.45) is 1.59. The second kappa shape index (κ2) is 6.95. The Morgan fingerprint density at radius 2 is 2.11 bits per heavy atom. The van der Waals surface area contributed by atoms with Crippen molar-refractivity contribution in [1.29, 1.82) is 0 Å². The summed E-state index contributed by atoms with van der Waals surface area (Å²) in [5.74, 6) is -0.731. The van der Waals surface area contributed by atoms with Crippen LogP contribution in [-0.4, -0.2) is 55.8 Å². The molecule has 0 aromatic carbocycles. The number of nitrogens with one attached hydrogen (secondary N) is 2. The van der Waals surface area contributed by atoms with Crippen LogP contribution in [0.15, 0.2) is 0 Å². The predicted molar refractivity (Wildman–Crippen MR) is 65.4 cm³/mol. The number of rotatable bonds is 4. The van der Waals surface area contributed by atoms with Crippen molar-refractivity contribution < 1.29 is 14.4 Å². The second-order valence-corrected chi connectivity index (χ2v) is 4.27. The Labute approximate surface area is 106 Å². The lowest BCUT2D eigenvalue weighted by Crippen LogP contribution is -2.48. The topological polar surface area (TPSA) is 105 Å². The smallest absolute Gasteiger partial charge is 0.241 e. The summed E-state index contributed by atoms with van der Waals surface area (Å²) in [5.41, 5.74) is 5.13. The monoisotopic (exact) mass is 256 g/mol. The Kier molecular flexibility index (Phi) is 5.57. The van der Waals surface area contributed by atoms with Gasteiger partial charge in [0.2, 0.25) is 17.7 Å². The average Bonchev–Trinajstić information content (AvgIpc) is 2.43. The normalized spacial score (nSPS) is 19.2. The van der Waals surface area contributed by atoms with Crippen molar-refractivity contribution in [3.63, 3.8) is 0 Å². The molecule has 0 aliphatic carbocycles. The molecule has 0 radical (unpaired) electrons. The van der Waals surface area contributed by atoms with Crippen LogP contribution in [0.1, 0.15) is 12.8 Å². The van der Waals surface area contributed by atoms with Gasteiger partial charge in [-0.15, -0.1) is 0 Å². The molecule has 1 rings (SSSR count). The molecule has 1 fully saturated rings. The van der Waals surface area contributed by atoms with E-state index in [9.17, 15) is 14.4 Å². The highest BCUT2D eigenvalue weighted by Crippen LogP contribution is 2.16. The fourth-order valence-electron chi connectivity index (χ4n) is 1.98. The Balaban J connectivity index is 2.43. The van der Waals surface area contributed by atoms with E-state index < -0.39 is 0 Å². The van der Waals surface area contributed by atoms with Crippen LogP contribution in [0.3, 0.4) is 0 Å². The zero-order valence-corrected chi connectivity index (χ0v) is 10.6. The average molecular weight is 256 g/mol. The van der Waals surface area contributed by atoms with Crippen LogP contribution in [0.2, 0.25) is 0 Å². The van der Waals surface area contributed by atoms with E-state index in [-0.39, 0.29) is 36.7 Å². The van der Waals surface area contributed by atoms with Gasteiger partial charge in [-0.25, -0.2) is 0 Å². The highest BCUT2D eigenvalue weighted by molar-refractivity contribution is 5.86. The molecule has 0 bridgehead atoms. The molecule has 0 saturated carbocycles. The van der Waals surface area contributed by atoms with Crippen molar-refractivity contribution >= 4 is 17.7 Å². The molecule has 1 unspecified atom stereocenters. The maximum atomic E-state index is 11.8. The van der Waals surface area contributed by atoms with E-state index in [0.717, 1.165) is 12.8 Å². The van der Waals surface area contributed by atoms with Gasteiger partial charge in [-0.05, 0) is 12.8 Å². The zero-order chi connectivity index (χ0) is 13.5. The third-order valence-electron chi connectivity index (χ3n) is 3.01. The molecule has 0 aromatic heterocycles. The summed E-state index contributed by atoms with van der Waals surface area (Å²) in [6.45, 7) is 0.854. The van der Waals surface area contributed by atoms with E-state index in [0.29, 0.717) is 13.1 Å². The molecule has 1 aliphatic heterocycles. The first-order valence-corrected chi connectivity index (χ1v) is 6.04. The van der Waals surface area contributed by atoms with Gasteiger partial charge in [0, 0.05) is 20.1 Å². The lowest BCUT2D eigenvalue weighted by Gasteiger charge is -2.31. The summed E-state index contributed by atoms with van der Waals surface area (Å²) in [6, 6.07) is 0. The van der Waals surface area contributed by atoms with Gasteiger partial charge in [0.05, 0.1) is 19.0 Å². The first kappa shape index (κ1) is 14.4. The van der Waals surface area contributed by atoms with Crippen LogP contribution in [0.4, 0.5) is 0 Å². The van der Waals surface area contributed by atoms with Gasteiger partial charge in [0.25, 0.3) is 0 Å². The SMILES string of the molecule is CNC(=O)C1CCCN(C(=O)CNC(=O)CN)C1. The molecule has 1 atom stereocenters. The van der Waals surface area contributed by atoms with E-state index in [4.69, 9.17) is 5.73 Å². The van der Waals surface area contributed by atoms with Gasteiger partial charge in [-0.3, -0.25) is 14.4 Å². The van der Waals surface area contributed by atoms with Crippen molar-refractivity contribution in [2.45, 2.75) is 12.8 Å². The molecule has 7 heteroatoms. The third-order valence-corrected chi connectivity index (χ3v) is 3.01.